The molecule has 3 aliphatic heterocycles. The maximum absolute atomic E-state index is 14.6. The molecule has 3 fully saturated rings. The normalized spacial score (nSPS) is 21.6. The van der Waals surface area contributed by atoms with Gasteiger partial charge in [0.15, 0.2) is 0 Å². The molecule has 8 rings (SSSR count). The lowest BCUT2D eigenvalue weighted by molar-refractivity contribution is -0.120. The third kappa shape index (κ3) is 7.18. The Morgan fingerprint density at radius 1 is 0.962 bits per heavy atom. The van der Waals surface area contributed by atoms with Crippen LogP contribution in [0.2, 0.25) is 0 Å². The summed E-state index contributed by atoms with van der Waals surface area (Å²) < 4.78 is 43.8. The van der Waals surface area contributed by atoms with Crippen LogP contribution in [0, 0.1) is 17.7 Å². The first-order valence-corrected chi connectivity index (χ1v) is 18.8. The number of alkyl halides is 2. The van der Waals surface area contributed by atoms with Crippen LogP contribution < -0.4 is 10.2 Å². The number of nitrogens with one attached hydrogen (secondary N) is 3. The number of benzene rings is 2. The van der Waals surface area contributed by atoms with E-state index < -0.39 is 23.7 Å². The van der Waals surface area contributed by atoms with Crippen molar-refractivity contribution in [2.45, 2.75) is 57.9 Å². The Bertz CT molecular complexity index is 2030. The number of imide groups is 1. The van der Waals surface area contributed by atoms with E-state index in [1.54, 1.807) is 19.1 Å². The summed E-state index contributed by atoms with van der Waals surface area (Å²) in [5.41, 5.74) is 5.33. The van der Waals surface area contributed by atoms with Crippen LogP contribution in [-0.4, -0.2) is 106 Å². The van der Waals surface area contributed by atoms with E-state index >= 15 is 0 Å². The van der Waals surface area contributed by atoms with Gasteiger partial charge in [0.25, 0.3) is 11.8 Å². The number of nitrogens with zero attached hydrogens (tertiary/aromatic N) is 5. The van der Waals surface area contributed by atoms with E-state index in [9.17, 15) is 27.6 Å². The topological polar surface area (TPSA) is 121 Å². The van der Waals surface area contributed by atoms with Crippen LogP contribution in [0.15, 0.2) is 42.5 Å². The molecule has 2 aromatic carbocycles. The summed E-state index contributed by atoms with van der Waals surface area (Å²) in [6.07, 6.45) is 2.60. The number of H-pyrrole nitrogens is 2. The lowest BCUT2D eigenvalue weighted by Crippen LogP contribution is -2.50. The predicted molar refractivity (Wildman–Crippen MR) is 194 cm³/mol. The standard InChI is InChI=1S/C39H45F3N8O3/c1-2-28-20-29-33(21-39(28,41)42)45-46-36(29)32-18-26-4-5-27(19-31(26)43-32)37(52)49-15-13-48(14-16-49)22-24-7-10-47(11-8-24)23-25-3-6-30(40)34(17-25)50-12-9-35(51)44-38(50)53/h3-6,17-19,24,28,43H,2,7-16,20-23H2,1H3,(H,45,46)(H,44,51,53). The number of aromatic nitrogens is 3. The van der Waals surface area contributed by atoms with Crippen LogP contribution in [0.1, 0.15) is 59.8 Å². The number of urea groups is 1. The molecular formula is C39H45F3N8O3. The van der Waals surface area contributed by atoms with E-state index in [1.165, 1.54) is 11.0 Å². The number of carbonyl (C=O) groups is 3. The molecule has 14 heteroatoms. The van der Waals surface area contributed by atoms with Crippen molar-refractivity contribution in [3.8, 4) is 11.4 Å². The summed E-state index contributed by atoms with van der Waals surface area (Å²) in [6.45, 7) is 8.42. The zero-order valence-corrected chi connectivity index (χ0v) is 29.9. The summed E-state index contributed by atoms with van der Waals surface area (Å²) in [4.78, 5) is 48.8. The minimum absolute atomic E-state index is 0.000434. The van der Waals surface area contributed by atoms with E-state index in [0.717, 1.165) is 73.3 Å². The molecule has 3 N–H and O–H groups in total. The Morgan fingerprint density at radius 2 is 1.75 bits per heavy atom. The van der Waals surface area contributed by atoms with Gasteiger partial charge in [0.2, 0.25) is 5.91 Å². The molecule has 1 aliphatic carbocycles. The van der Waals surface area contributed by atoms with Crippen molar-refractivity contribution in [1.29, 1.82) is 0 Å². The molecule has 11 nitrogen and oxygen atoms in total. The number of aromatic amines is 2. The van der Waals surface area contributed by atoms with Gasteiger partial charge >= 0.3 is 6.03 Å². The molecule has 3 saturated heterocycles. The van der Waals surface area contributed by atoms with Crippen molar-refractivity contribution in [2.75, 3.05) is 57.3 Å². The van der Waals surface area contributed by atoms with E-state index in [1.807, 2.05) is 29.2 Å². The Hall–Kier alpha value is -4.69. The van der Waals surface area contributed by atoms with Crippen molar-refractivity contribution in [3.63, 3.8) is 0 Å². The van der Waals surface area contributed by atoms with Gasteiger partial charge in [-0.3, -0.25) is 34.7 Å². The first-order valence-electron chi connectivity index (χ1n) is 18.8. The summed E-state index contributed by atoms with van der Waals surface area (Å²) in [5, 5.41) is 10.5. The van der Waals surface area contributed by atoms with Crippen LogP contribution in [0.3, 0.4) is 0 Å². The molecule has 0 saturated carbocycles. The summed E-state index contributed by atoms with van der Waals surface area (Å²) in [5.74, 6) is -3.73. The molecule has 4 aromatic rings. The van der Waals surface area contributed by atoms with Crippen molar-refractivity contribution in [2.24, 2.45) is 11.8 Å². The fourth-order valence-electron chi connectivity index (χ4n) is 8.52. The highest BCUT2D eigenvalue weighted by atomic mass is 19.3. The Balaban J connectivity index is 0.821. The Kier molecular flexibility index (Phi) is 9.52. The second-order valence-electron chi connectivity index (χ2n) is 15.1. The van der Waals surface area contributed by atoms with Gasteiger partial charge < -0.3 is 9.88 Å². The molecule has 4 amide bonds. The fourth-order valence-corrected chi connectivity index (χ4v) is 8.52. The fraction of sp³-hybridized carbons (Fsp3) is 0.487. The summed E-state index contributed by atoms with van der Waals surface area (Å²) >= 11 is 0. The van der Waals surface area contributed by atoms with Crippen molar-refractivity contribution in [1.82, 2.24) is 35.2 Å². The molecule has 1 unspecified atom stereocenters. The van der Waals surface area contributed by atoms with Gasteiger partial charge in [0.1, 0.15) is 11.5 Å². The zero-order valence-electron chi connectivity index (χ0n) is 29.9. The summed E-state index contributed by atoms with van der Waals surface area (Å²) in [6, 6.07) is 11.9. The molecule has 1 atom stereocenters. The maximum Gasteiger partial charge on any atom is 0.328 e. The van der Waals surface area contributed by atoms with Crippen molar-refractivity contribution in [3.05, 3.63) is 70.7 Å². The van der Waals surface area contributed by atoms with Gasteiger partial charge in [-0.05, 0) is 80.6 Å². The van der Waals surface area contributed by atoms with Crippen LogP contribution in [0.5, 0.6) is 0 Å². The minimum Gasteiger partial charge on any atom is -0.353 e. The average Bonchev–Trinajstić information content (AvgIpc) is 3.75. The number of likely N-dealkylation sites (tertiary alicyclic amines) is 1. The third-order valence-electron chi connectivity index (χ3n) is 11.7. The first-order chi connectivity index (χ1) is 25.5. The van der Waals surface area contributed by atoms with Gasteiger partial charge in [0, 0.05) is 85.9 Å². The predicted octanol–water partition coefficient (Wildman–Crippen LogP) is 5.57. The number of carbonyl (C=O) groups excluding carboxylic acids is 3. The molecule has 4 aliphatic rings. The van der Waals surface area contributed by atoms with E-state index in [-0.39, 0.29) is 43.3 Å². The minimum atomic E-state index is -2.74. The highest BCUT2D eigenvalue weighted by molar-refractivity contribution is 6.05. The number of hydrogen-bond acceptors (Lipinski definition) is 6. The van der Waals surface area contributed by atoms with Gasteiger partial charge in [-0.25, -0.2) is 18.0 Å². The Labute approximate surface area is 305 Å². The number of rotatable bonds is 8. The van der Waals surface area contributed by atoms with Crippen LogP contribution in [0.4, 0.5) is 23.7 Å². The van der Waals surface area contributed by atoms with Gasteiger partial charge in [-0.1, -0.05) is 19.1 Å². The van der Waals surface area contributed by atoms with E-state index in [2.05, 4.69) is 30.3 Å². The molecule has 0 radical (unpaired) electrons. The van der Waals surface area contributed by atoms with Crippen LogP contribution in [-0.2, 0) is 24.2 Å². The highest BCUT2D eigenvalue weighted by Gasteiger charge is 2.44. The molecule has 2 aromatic heterocycles. The monoisotopic (exact) mass is 730 g/mol. The molecule has 280 valence electrons. The Morgan fingerprint density at radius 3 is 2.51 bits per heavy atom. The number of halogens is 3. The zero-order chi connectivity index (χ0) is 36.9. The number of amides is 4. The van der Waals surface area contributed by atoms with Gasteiger partial charge in [-0.15, -0.1) is 0 Å². The quantitative estimate of drug-likeness (QED) is 0.218. The lowest BCUT2D eigenvalue weighted by atomic mass is 9.81. The second-order valence-corrected chi connectivity index (χ2v) is 15.1. The number of hydrogen-bond donors (Lipinski definition) is 3. The van der Waals surface area contributed by atoms with E-state index in [0.29, 0.717) is 48.9 Å². The van der Waals surface area contributed by atoms with E-state index in [4.69, 9.17) is 0 Å². The van der Waals surface area contributed by atoms with Crippen LogP contribution >= 0.6 is 0 Å². The van der Waals surface area contributed by atoms with Crippen molar-refractivity contribution >= 4 is 34.4 Å². The lowest BCUT2D eigenvalue weighted by Gasteiger charge is -2.39. The number of fused-ring (bicyclic) bond motifs is 2. The smallest absolute Gasteiger partial charge is 0.328 e. The largest absolute Gasteiger partial charge is 0.353 e. The molecule has 0 spiro atoms. The summed E-state index contributed by atoms with van der Waals surface area (Å²) in [7, 11) is 0. The maximum atomic E-state index is 14.6. The molecule has 5 heterocycles. The number of anilines is 1. The SMILES string of the molecule is CCC1Cc2c(-c3cc4ccc(C(=O)N5CCN(CC6CCN(Cc7ccc(F)c(N8CCC(=O)NC8=O)c7)CC6)CC5)cc4[nH]3)n[nH]c2CC1(F)F. The second kappa shape index (κ2) is 14.3. The molecular weight excluding hydrogens is 685 g/mol. The average molecular weight is 731 g/mol. The highest BCUT2D eigenvalue weighted by Crippen LogP contribution is 2.42. The van der Waals surface area contributed by atoms with Crippen LogP contribution in [0.25, 0.3) is 22.3 Å². The molecule has 53 heavy (non-hydrogen) atoms. The third-order valence-corrected chi connectivity index (χ3v) is 11.7. The number of piperidine rings is 1. The van der Waals surface area contributed by atoms with Crippen molar-refractivity contribution < 1.29 is 27.6 Å². The first kappa shape index (κ1) is 35.3. The van der Waals surface area contributed by atoms with Gasteiger partial charge in [-0.2, -0.15) is 5.10 Å². The molecule has 0 bridgehead atoms. The van der Waals surface area contributed by atoms with Gasteiger partial charge in [0.05, 0.1) is 17.8 Å². The number of piperazine rings is 1.